The molecule has 0 saturated carbocycles. The van der Waals surface area contributed by atoms with Crippen molar-refractivity contribution >= 4 is 17.5 Å². The summed E-state index contributed by atoms with van der Waals surface area (Å²) in [6, 6.07) is 2.96. The molecule has 0 atom stereocenters. The van der Waals surface area contributed by atoms with Crippen LogP contribution in [-0.4, -0.2) is 43.7 Å². The van der Waals surface area contributed by atoms with Gasteiger partial charge >= 0.3 is 6.03 Å². The van der Waals surface area contributed by atoms with Crippen LogP contribution in [0.4, 0.5) is 16.3 Å². The molecule has 1 aromatic carbocycles. The van der Waals surface area contributed by atoms with Crippen LogP contribution in [-0.2, 0) is 20.0 Å². The highest BCUT2D eigenvalue weighted by Crippen LogP contribution is 2.40. The summed E-state index contributed by atoms with van der Waals surface area (Å²) >= 11 is 0. The average Bonchev–Trinajstić information content (AvgIpc) is 2.96. The van der Waals surface area contributed by atoms with E-state index in [9.17, 15) is 4.79 Å². The van der Waals surface area contributed by atoms with Crippen LogP contribution in [0.25, 0.3) is 0 Å². The Morgan fingerprint density at radius 3 is 2.46 bits per heavy atom. The van der Waals surface area contributed by atoms with Crippen LogP contribution in [0.1, 0.15) is 11.3 Å². The van der Waals surface area contributed by atoms with Gasteiger partial charge in [-0.2, -0.15) is 5.10 Å². The summed E-state index contributed by atoms with van der Waals surface area (Å²) in [5.41, 5.74) is 2.54. The minimum atomic E-state index is -0.379. The van der Waals surface area contributed by atoms with E-state index >= 15 is 0 Å². The molecule has 1 aliphatic heterocycles. The van der Waals surface area contributed by atoms with Crippen LogP contribution in [0.3, 0.4) is 0 Å². The van der Waals surface area contributed by atoms with Crippen LogP contribution < -0.4 is 30.2 Å². The van der Waals surface area contributed by atoms with Gasteiger partial charge in [0.1, 0.15) is 5.82 Å². The Hall–Kier alpha value is -2.94. The standard InChI is InChI=1S/C17H23N5O4/c1-22-16(11-9-18-6-5-12(11)21-22)20-17(23)19-10-7-13(24-2)15(26-4)14(8-10)25-3/h7-8,18H,5-6,9H2,1-4H3,(H2,19,20,23). The number of rotatable bonds is 5. The number of nitrogens with one attached hydrogen (secondary N) is 3. The minimum Gasteiger partial charge on any atom is -0.493 e. The van der Waals surface area contributed by atoms with E-state index < -0.39 is 0 Å². The Bertz CT molecular complexity index is 793. The number of ether oxygens (including phenoxy) is 3. The number of nitrogens with zero attached hydrogens (tertiary/aromatic N) is 2. The number of methoxy groups -OCH3 is 3. The minimum absolute atomic E-state index is 0.379. The molecule has 0 unspecified atom stereocenters. The van der Waals surface area contributed by atoms with E-state index in [1.54, 1.807) is 16.8 Å². The number of aryl methyl sites for hydroxylation is 1. The van der Waals surface area contributed by atoms with Gasteiger partial charge in [-0.25, -0.2) is 4.79 Å². The number of hydrogen-bond donors (Lipinski definition) is 3. The van der Waals surface area contributed by atoms with Crippen LogP contribution in [0.2, 0.25) is 0 Å². The molecule has 0 fully saturated rings. The molecule has 0 spiro atoms. The summed E-state index contributed by atoms with van der Waals surface area (Å²) < 4.78 is 17.6. The van der Waals surface area contributed by atoms with E-state index in [0.29, 0.717) is 35.3 Å². The topological polar surface area (TPSA) is 98.7 Å². The number of fused-ring (bicyclic) bond motifs is 1. The van der Waals surface area contributed by atoms with Gasteiger partial charge in [0.25, 0.3) is 0 Å². The van der Waals surface area contributed by atoms with Crippen LogP contribution in [0, 0.1) is 0 Å². The molecule has 2 aromatic rings. The number of carbonyl (C=O) groups excluding carboxylic acids is 1. The highest BCUT2D eigenvalue weighted by atomic mass is 16.5. The van der Waals surface area contributed by atoms with E-state index in [2.05, 4.69) is 21.0 Å². The molecule has 26 heavy (non-hydrogen) atoms. The van der Waals surface area contributed by atoms with Gasteiger partial charge in [-0.15, -0.1) is 0 Å². The van der Waals surface area contributed by atoms with Crippen molar-refractivity contribution < 1.29 is 19.0 Å². The summed E-state index contributed by atoms with van der Waals surface area (Å²) in [7, 11) is 6.39. The molecular weight excluding hydrogens is 338 g/mol. The third kappa shape index (κ3) is 3.38. The number of aromatic nitrogens is 2. The first-order chi connectivity index (χ1) is 12.6. The molecule has 0 saturated heterocycles. The van der Waals surface area contributed by atoms with Crippen LogP contribution in [0.5, 0.6) is 17.2 Å². The van der Waals surface area contributed by atoms with Crippen LogP contribution in [0.15, 0.2) is 12.1 Å². The normalized spacial score (nSPS) is 12.9. The second-order valence-electron chi connectivity index (χ2n) is 5.82. The molecule has 2 amide bonds. The van der Waals surface area contributed by atoms with Gasteiger partial charge < -0.3 is 24.8 Å². The maximum absolute atomic E-state index is 12.5. The quantitative estimate of drug-likeness (QED) is 0.750. The van der Waals surface area contributed by atoms with Crippen molar-refractivity contribution in [1.29, 1.82) is 0 Å². The van der Waals surface area contributed by atoms with Crippen molar-refractivity contribution in [2.45, 2.75) is 13.0 Å². The van der Waals surface area contributed by atoms with Crippen molar-refractivity contribution in [3.8, 4) is 17.2 Å². The van der Waals surface area contributed by atoms with E-state index in [0.717, 1.165) is 24.2 Å². The van der Waals surface area contributed by atoms with Crippen molar-refractivity contribution in [2.75, 3.05) is 38.5 Å². The Morgan fingerprint density at radius 2 is 1.85 bits per heavy atom. The number of hydrogen-bond acceptors (Lipinski definition) is 6. The predicted octanol–water partition coefficient (Wildman–Crippen LogP) is 1.74. The van der Waals surface area contributed by atoms with Gasteiger partial charge in [0.05, 0.1) is 32.7 Å². The van der Waals surface area contributed by atoms with Gasteiger partial charge in [-0.05, 0) is 0 Å². The fourth-order valence-electron chi connectivity index (χ4n) is 3.01. The Morgan fingerprint density at radius 1 is 1.15 bits per heavy atom. The molecule has 140 valence electrons. The average molecular weight is 361 g/mol. The van der Waals surface area contributed by atoms with Crippen molar-refractivity contribution in [3.05, 3.63) is 23.4 Å². The molecular formula is C17H23N5O4. The van der Waals surface area contributed by atoms with E-state index in [4.69, 9.17) is 14.2 Å². The molecule has 0 radical (unpaired) electrons. The van der Waals surface area contributed by atoms with Crippen LogP contribution >= 0.6 is 0 Å². The zero-order valence-electron chi connectivity index (χ0n) is 15.3. The first kappa shape index (κ1) is 17.9. The first-order valence-corrected chi connectivity index (χ1v) is 8.20. The lowest BCUT2D eigenvalue weighted by atomic mass is 10.1. The predicted molar refractivity (Wildman–Crippen MR) is 97.4 cm³/mol. The summed E-state index contributed by atoms with van der Waals surface area (Å²) in [6.45, 7) is 1.57. The van der Waals surface area contributed by atoms with Gasteiger partial charge in [-0.1, -0.05) is 0 Å². The zero-order chi connectivity index (χ0) is 18.7. The first-order valence-electron chi connectivity index (χ1n) is 8.20. The molecule has 9 nitrogen and oxygen atoms in total. The second-order valence-corrected chi connectivity index (χ2v) is 5.82. The van der Waals surface area contributed by atoms with Gasteiger partial charge in [0.15, 0.2) is 11.5 Å². The number of amides is 2. The highest BCUT2D eigenvalue weighted by Gasteiger charge is 2.21. The molecule has 3 rings (SSSR count). The van der Waals surface area contributed by atoms with E-state index in [-0.39, 0.29) is 6.03 Å². The molecule has 2 heterocycles. The number of anilines is 2. The fourth-order valence-corrected chi connectivity index (χ4v) is 3.01. The summed E-state index contributed by atoms with van der Waals surface area (Å²) in [6.07, 6.45) is 0.847. The number of urea groups is 1. The largest absolute Gasteiger partial charge is 0.493 e. The Kier molecular flexibility index (Phi) is 5.17. The lowest BCUT2D eigenvalue weighted by Crippen LogP contribution is -2.25. The molecule has 1 aliphatic rings. The number of carbonyl (C=O) groups is 1. The van der Waals surface area contributed by atoms with E-state index in [1.807, 2.05) is 7.05 Å². The lowest BCUT2D eigenvalue weighted by molar-refractivity contribution is 0.262. The monoisotopic (exact) mass is 361 g/mol. The maximum Gasteiger partial charge on any atom is 0.324 e. The Labute approximate surface area is 151 Å². The highest BCUT2D eigenvalue weighted by molar-refractivity contribution is 6.00. The zero-order valence-corrected chi connectivity index (χ0v) is 15.3. The molecule has 9 heteroatoms. The van der Waals surface area contributed by atoms with Gasteiger partial charge in [0.2, 0.25) is 5.75 Å². The SMILES string of the molecule is COc1cc(NC(=O)Nc2c3c(nn2C)CCNC3)cc(OC)c1OC. The maximum atomic E-state index is 12.5. The number of benzene rings is 1. The molecule has 0 bridgehead atoms. The van der Waals surface area contributed by atoms with E-state index in [1.165, 1.54) is 21.3 Å². The van der Waals surface area contributed by atoms with Crippen molar-refractivity contribution in [2.24, 2.45) is 7.05 Å². The summed E-state index contributed by atoms with van der Waals surface area (Å²) in [4.78, 5) is 12.5. The van der Waals surface area contributed by atoms with Gasteiger partial charge in [0, 0.05) is 44.3 Å². The molecule has 1 aromatic heterocycles. The van der Waals surface area contributed by atoms with Crippen molar-refractivity contribution in [1.82, 2.24) is 15.1 Å². The summed E-state index contributed by atoms with van der Waals surface area (Å²) in [5, 5.41) is 13.4. The fraction of sp³-hybridized carbons (Fsp3) is 0.412. The smallest absolute Gasteiger partial charge is 0.324 e. The Balaban J connectivity index is 1.80. The molecule has 0 aliphatic carbocycles. The summed E-state index contributed by atoms with van der Waals surface area (Å²) in [5.74, 6) is 2.07. The molecule has 3 N–H and O–H groups in total. The second kappa shape index (κ2) is 7.52. The lowest BCUT2D eigenvalue weighted by Gasteiger charge is -2.16. The third-order valence-electron chi connectivity index (χ3n) is 4.22. The van der Waals surface area contributed by atoms with Gasteiger partial charge in [-0.3, -0.25) is 10.00 Å². The van der Waals surface area contributed by atoms with Crippen molar-refractivity contribution in [3.63, 3.8) is 0 Å². The third-order valence-corrected chi connectivity index (χ3v) is 4.22.